The number of nitro groups is 1. The Bertz CT molecular complexity index is 911. The number of non-ortho nitro benzene ring substituents is 1. The van der Waals surface area contributed by atoms with Crippen molar-refractivity contribution in [2.24, 2.45) is 0 Å². The van der Waals surface area contributed by atoms with Gasteiger partial charge in [-0.1, -0.05) is 0 Å². The zero-order valence-corrected chi connectivity index (χ0v) is 17.6. The number of anilines is 2. The SMILES string of the molecule is CC(C)(C)NC(=O)NCCCN(C(=O)Nc1ccc([N+](=O)[O-])cc1)c1ccc(F)cc1. The molecule has 31 heavy (non-hydrogen) atoms. The maximum Gasteiger partial charge on any atom is 0.326 e. The smallest absolute Gasteiger partial charge is 0.326 e. The summed E-state index contributed by atoms with van der Waals surface area (Å²) in [6.45, 7) is 6.17. The molecule has 0 saturated carbocycles. The van der Waals surface area contributed by atoms with Gasteiger partial charge in [0, 0.05) is 42.1 Å². The number of urea groups is 2. The van der Waals surface area contributed by atoms with Crippen LogP contribution in [0, 0.1) is 15.9 Å². The number of nitrogens with one attached hydrogen (secondary N) is 3. The van der Waals surface area contributed by atoms with Crippen LogP contribution >= 0.6 is 0 Å². The summed E-state index contributed by atoms with van der Waals surface area (Å²) in [5, 5.41) is 19.0. The molecule has 0 aliphatic carbocycles. The largest absolute Gasteiger partial charge is 0.338 e. The lowest BCUT2D eigenvalue weighted by molar-refractivity contribution is -0.384. The Morgan fingerprint density at radius 1 is 1.06 bits per heavy atom. The zero-order valence-electron chi connectivity index (χ0n) is 17.6. The fourth-order valence-electron chi connectivity index (χ4n) is 2.65. The summed E-state index contributed by atoms with van der Waals surface area (Å²) in [5.41, 5.74) is 0.396. The van der Waals surface area contributed by atoms with Crippen LogP contribution in [0.2, 0.25) is 0 Å². The predicted molar refractivity (Wildman–Crippen MR) is 117 cm³/mol. The highest BCUT2D eigenvalue weighted by Crippen LogP contribution is 2.19. The second kappa shape index (κ2) is 10.4. The van der Waals surface area contributed by atoms with Crippen LogP contribution in [0.1, 0.15) is 27.2 Å². The van der Waals surface area contributed by atoms with Crippen LogP contribution < -0.4 is 20.9 Å². The first-order chi connectivity index (χ1) is 14.5. The number of carbonyl (C=O) groups excluding carboxylic acids is 2. The van der Waals surface area contributed by atoms with Crippen molar-refractivity contribution in [2.75, 3.05) is 23.3 Å². The van der Waals surface area contributed by atoms with E-state index in [2.05, 4.69) is 16.0 Å². The molecule has 10 heteroatoms. The van der Waals surface area contributed by atoms with Gasteiger partial charge in [-0.3, -0.25) is 15.0 Å². The lowest BCUT2D eigenvalue weighted by Gasteiger charge is -2.24. The fraction of sp³-hybridized carbons (Fsp3) is 0.333. The van der Waals surface area contributed by atoms with Crippen molar-refractivity contribution in [2.45, 2.75) is 32.7 Å². The van der Waals surface area contributed by atoms with E-state index in [4.69, 9.17) is 0 Å². The summed E-state index contributed by atoms with van der Waals surface area (Å²) in [7, 11) is 0. The Morgan fingerprint density at radius 3 is 2.23 bits per heavy atom. The molecule has 0 spiro atoms. The van der Waals surface area contributed by atoms with Gasteiger partial charge >= 0.3 is 12.1 Å². The molecule has 9 nitrogen and oxygen atoms in total. The summed E-state index contributed by atoms with van der Waals surface area (Å²) < 4.78 is 13.3. The Balaban J connectivity index is 2.02. The van der Waals surface area contributed by atoms with Crippen molar-refractivity contribution in [3.05, 3.63) is 64.5 Å². The van der Waals surface area contributed by atoms with E-state index in [9.17, 15) is 24.1 Å². The minimum atomic E-state index is -0.529. The lowest BCUT2D eigenvalue weighted by Crippen LogP contribution is -2.47. The summed E-state index contributed by atoms with van der Waals surface area (Å²) >= 11 is 0. The van der Waals surface area contributed by atoms with E-state index < -0.39 is 16.8 Å². The molecule has 0 aromatic heterocycles. The van der Waals surface area contributed by atoms with Gasteiger partial charge in [-0.05, 0) is 63.6 Å². The van der Waals surface area contributed by atoms with Crippen molar-refractivity contribution >= 4 is 29.1 Å². The molecule has 0 aliphatic rings. The van der Waals surface area contributed by atoms with Gasteiger partial charge < -0.3 is 16.0 Å². The first kappa shape index (κ1) is 23.6. The van der Waals surface area contributed by atoms with Crippen LogP contribution in [0.4, 0.5) is 31.0 Å². The first-order valence-corrected chi connectivity index (χ1v) is 9.70. The molecule has 2 rings (SSSR count). The Labute approximate surface area is 179 Å². The molecule has 0 saturated heterocycles. The molecular weight excluding hydrogens is 405 g/mol. The van der Waals surface area contributed by atoms with E-state index in [1.165, 1.54) is 53.4 Å². The van der Waals surface area contributed by atoms with Crippen molar-refractivity contribution in [3.8, 4) is 0 Å². The first-order valence-electron chi connectivity index (χ1n) is 9.70. The van der Waals surface area contributed by atoms with E-state index in [1.54, 1.807) is 0 Å². The normalized spacial score (nSPS) is 10.8. The number of amides is 4. The third-order valence-corrected chi connectivity index (χ3v) is 4.05. The highest BCUT2D eigenvalue weighted by Gasteiger charge is 2.17. The third-order valence-electron chi connectivity index (χ3n) is 4.05. The maximum absolute atomic E-state index is 13.3. The van der Waals surface area contributed by atoms with Crippen LogP contribution in [0.3, 0.4) is 0 Å². The fourth-order valence-corrected chi connectivity index (χ4v) is 2.65. The Morgan fingerprint density at radius 2 is 1.68 bits per heavy atom. The average molecular weight is 431 g/mol. The standard InChI is InChI=1S/C21H26FN5O4/c1-21(2,3)25-19(28)23-13-4-14-26(17-9-5-15(22)6-10-17)20(29)24-16-7-11-18(12-8-16)27(30)31/h5-12H,4,13-14H2,1-3H3,(H,24,29)(H2,23,25,28). The molecule has 0 aliphatic heterocycles. The summed E-state index contributed by atoms with van der Waals surface area (Å²) in [6, 6.07) is 10.1. The van der Waals surface area contributed by atoms with E-state index in [0.717, 1.165) is 0 Å². The molecule has 4 amide bonds. The minimum absolute atomic E-state index is 0.0898. The minimum Gasteiger partial charge on any atom is -0.338 e. The summed E-state index contributed by atoms with van der Waals surface area (Å²) in [4.78, 5) is 36.3. The van der Waals surface area contributed by atoms with Crippen molar-refractivity contribution in [1.82, 2.24) is 10.6 Å². The van der Waals surface area contributed by atoms with Gasteiger partial charge in [0.05, 0.1) is 4.92 Å². The van der Waals surface area contributed by atoms with Crippen LogP contribution in [0.15, 0.2) is 48.5 Å². The van der Waals surface area contributed by atoms with E-state index in [1.807, 2.05) is 20.8 Å². The zero-order chi connectivity index (χ0) is 23.0. The molecule has 0 unspecified atom stereocenters. The number of nitro benzene ring substituents is 1. The van der Waals surface area contributed by atoms with Crippen LogP contribution in [0.5, 0.6) is 0 Å². The molecule has 3 N–H and O–H groups in total. The Kier molecular flexibility index (Phi) is 7.89. The van der Waals surface area contributed by atoms with Crippen LogP contribution in [-0.4, -0.2) is 35.6 Å². The van der Waals surface area contributed by atoms with Gasteiger partial charge in [0.25, 0.3) is 5.69 Å². The number of benzene rings is 2. The molecule has 0 bridgehead atoms. The number of carbonyl (C=O) groups is 2. The van der Waals surface area contributed by atoms with Crippen molar-refractivity contribution in [1.29, 1.82) is 0 Å². The van der Waals surface area contributed by atoms with Gasteiger partial charge in [-0.25, -0.2) is 14.0 Å². The summed E-state index contributed by atoms with van der Waals surface area (Å²) in [6.07, 6.45) is 0.447. The van der Waals surface area contributed by atoms with E-state index in [-0.39, 0.29) is 23.8 Å². The monoisotopic (exact) mass is 431 g/mol. The highest BCUT2D eigenvalue weighted by molar-refractivity contribution is 6.01. The second-order valence-corrected chi connectivity index (χ2v) is 7.85. The number of hydrogen-bond acceptors (Lipinski definition) is 4. The molecule has 2 aromatic rings. The second-order valence-electron chi connectivity index (χ2n) is 7.85. The molecule has 166 valence electrons. The molecule has 0 heterocycles. The highest BCUT2D eigenvalue weighted by atomic mass is 19.1. The molecule has 2 aromatic carbocycles. The number of nitrogens with zero attached hydrogens (tertiary/aromatic N) is 2. The van der Waals surface area contributed by atoms with Crippen LogP contribution in [0.25, 0.3) is 0 Å². The van der Waals surface area contributed by atoms with E-state index in [0.29, 0.717) is 24.3 Å². The van der Waals surface area contributed by atoms with Gasteiger partial charge in [-0.2, -0.15) is 0 Å². The predicted octanol–water partition coefficient (Wildman–Crippen LogP) is 4.26. The van der Waals surface area contributed by atoms with Gasteiger partial charge in [0.1, 0.15) is 5.82 Å². The third kappa shape index (κ3) is 7.92. The summed E-state index contributed by atoms with van der Waals surface area (Å²) in [5.74, 6) is -0.431. The van der Waals surface area contributed by atoms with E-state index >= 15 is 0 Å². The molecule has 0 atom stereocenters. The quantitative estimate of drug-likeness (QED) is 0.345. The Hall–Kier alpha value is -3.69. The van der Waals surface area contributed by atoms with Crippen LogP contribution in [-0.2, 0) is 0 Å². The average Bonchev–Trinajstić information content (AvgIpc) is 2.68. The molecular formula is C21H26FN5O4. The topological polar surface area (TPSA) is 117 Å². The lowest BCUT2D eigenvalue weighted by atomic mass is 10.1. The number of rotatable bonds is 7. The van der Waals surface area contributed by atoms with Gasteiger partial charge in [-0.15, -0.1) is 0 Å². The molecule has 0 radical (unpaired) electrons. The maximum atomic E-state index is 13.3. The van der Waals surface area contributed by atoms with Gasteiger partial charge in [0.2, 0.25) is 0 Å². The van der Waals surface area contributed by atoms with Gasteiger partial charge in [0.15, 0.2) is 0 Å². The van der Waals surface area contributed by atoms with Crippen molar-refractivity contribution < 1.29 is 18.9 Å². The molecule has 0 fully saturated rings. The number of halogens is 1. The number of hydrogen-bond donors (Lipinski definition) is 3. The van der Waals surface area contributed by atoms with Crippen molar-refractivity contribution in [3.63, 3.8) is 0 Å².